The molecule has 6 heteroatoms. The fourth-order valence-electron chi connectivity index (χ4n) is 3.08. The summed E-state index contributed by atoms with van der Waals surface area (Å²) in [4.78, 5) is 24.0. The van der Waals surface area contributed by atoms with Gasteiger partial charge in [0.05, 0.1) is 12.2 Å². The molecule has 6 nitrogen and oxygen atoms in total. The molecule has 160 valence electrons. The van der Waals surface area contributed by atoms with E-state index < -0.39 is 12.1 Å². The Morgan fingerprint density at radius 3 is 2.52 bits per heavy atom. The fourth-order valence-corrected chi connectivity index (χ4v) is 3.08. The number of nitrogens with one attached hydrogen (secondary N) is 1. The minimum atomic E-state index is -0.852. The smallest absolute Gasteiger partial charge is 0.331 e. The van der Waals surface area contributed by atoms with Crippen LogP contribution in [0.5, 0.6) is 0 Å². The number of benzene rings is 2. The summed E-state index contributed by atoms with van der Waals surface area (Å²) in [6.45, 7) is 6.52. The van der Waals surface area contributed by atoms with E-state index in [4.69, 9.17) is 9.84 Å². The Morgan fingerprint density at radius 2 is 1.84 bits per heavy atom. The lowest BCUT2D eigenvalue weighted by Crippen LogP contribution is -2.35. The monoisotopic (exact) mass is 417 g/mol. The van der Waals surface area contributed by atoms with Crippen LogP contribution in [0, 0.1) is 6.92 Å². The number of aryl methyl sites for hydroxylation is 1. The molecule has 0 fully saturated rings. The Kier molecular flexibility index (Phi) is 7.38. The van der Waals surface area contributed by atoms with Crippen LogP contribution in [0.4, 0.5) is 0 Å². The molecule has 0 saturated carbocycles. The number of amides is 1. The van der Waals surface area contributed by atoms with E-state index in [2.05, 4.69) is 36.5 Å². The molecule has 1 atom stereocenters. The van der Waals surface area contributed by atoms with E-state index >= 15 is 0 Å². The van der Waals surface area contributed by atoms with Gasteiger partial charge in [-0.05, 0) is 32.4 Å². The van der Waals surface area contributed by atoms with Crippen LogP contribution in [-0.4, -0.2) is 34.3 Å². The number of rotatable bonds is 8. The molecule has 0 unspecified atom stereocenters. The summed E-state index contributed by atoms with van der Waals surface area (Å²) in [6, 6.07) is 18.1. The van der Waals surface area contributed by atoms with E-state index in [1.807, 2.05) is 48.1 Å². The van der Waals surface area contributed by atoms with E-state index in [1.54, 1.807) is 13.0 Å². The molecule has 0 bridgehead atoms. The van der Waals surface area contributed by atoms with Crippen LogP contribution >= 0.6 is 0 Å². The van der Waals surface area contributed by atoms with Crippen molar-refractivity contribution in [2.75, 3.05) is 6.54 Å². The van der Waals surface area contributed by atoms with E-state index in [9.17, 15) is 9.59 Å². The van der Waals surface area contributed by atoms with Crippen LogP contribution in [0.2, 0.25) is 0 Å². The third kappa shape index (κ3) is 6.15. The van der Waals surface area contributed by atoms with Crippen molar-refractivity contribution >= 4 is 18.0 Å². The molecule has 2 aromatic carbocycles. The van der Waals surface area contributed by atoms with Gasteiger partial charge in [-0.25, -0.2) is 4.79 Å². The Labute approximate surface area is 182 Å². The largest absolute Gasteiger partial charge is 0.449 e. The number of carbonyl (C=O) groups excluding carboxylic acids is 2. The van der Waals surface area contributed by atoms with Gasteiger partial charge in [0.2, 0.25) is 0 Å². The van der Waals surface area contributed by atoms with Crippen molar-refractivity contribution in [1.82, 2.24) is 15.1 Å². The minimum absolute atomic E-state index is 0.319. The first-order chi connectivity index (χ1) is 15.0. The van der Waals surface area contributed by atoms with Gasteiger partial charge in [-0.15, -0.1) is 0 Å². The predicted molar refractivity (Wildman–Crippen MR) is 121 cm³/mol. The minimum Gasteiger partial charge on any atom is -0.449 e. The number of esters is 1. The highest BCUT2D eigenvalue weighted by Crippen LogP contribution is 2.23. The number of hydrogen-bond donors (Lipinski definition) is 1. The molecule has 3 aromatic rings. The third-order valence-electron chi connectivity index (χ3n) is 4.71. The summed E-state index contributed by atoms with van der Waals surface area (Å²) in [6.07, 6.45) is 4.05. The second-order valence-electron chi connectivity index (χ2n) is 7.29. The molecule has 0 spiro atoms. The van der Waals surface area contributed by atoms with Gasteiger partial charge in [0, 0.05) is 29.9 Å². The SMILES string of the molecule is CCNC(=O)[C@H](C)OC(=O)/C=C/c1cn(Cc2ccc(C)cc2)nc1-c1ccccc1. The summed E-state index contributed by atoms with van der Waals surface area (Å²) < 4.78 is 7.04. The molecule has 0 radical (unpaired) electrons. The van der Waals surface area contributed by atoms with Crippen LogP contribution < -0.4 is 5.32 Å². The third-order valence-corrected chi connectivity index (χ3v) is 4.71. The van der Waals surface area contributed by atoms with Crippen LogP contribution in [0.1, 0.15) is 30.5 Å². The maximum Gasteiger partial charge on any atom is 0.331 e. The van der Waals surface area contributed by atoms with Crippen molar-refractivity contribution in [3.63, 3.8) is 0 Å². The lowest BCUT2D eigenvalue weighted by molar-refractivity contribution is -0.150. The summed E-state index contributed by atoms with van der Waals surface area (Å²) in [7, 11) is 0. The van der Waals surface area contributed by atoms with Gasteiger partial charge >= 0.3 is 5.97 Å². The molecule has 31 heavy (non-hydrogen) atoms. The highest BCUT2D eigenvalue weighted by molar-refractivity contribution is 5.91. The molecule has 0 aliphatic rings. The second kappa shape index (κ2) is 10.4. The lowest BCUT2D eigenvalue weighted by atomic mass is 10.1. The Morgan fingerprint density at radius 1 is 1.13 bits per heavy atom. The van der Waals surface area contributed by atoms with E-state index in [0.29, 0.717) is 13.1 Å². The molecule has 1 N–H and O–H groups in total. The van der Waals surface area contributed by atoms with Gasteiger partial charge in [-0.3, -0.25) is 9.48 Å². The Hall–Kier alpha value is -3.67. The number of nitrogens with zero attached hydrogens (tertiary/aromatic N) is 2. The first-order valence-corrected chi connectivity index (χ1v) is 10.3. The first kappa shape index (κ1) is 22.0. The summed E-state index contributed by atoms with van der Waals surface area (Å²) in [5.74, 6) is -0.899. The highest BCUT2D eigenvalue weighted by atomic mass is 16.5. The highest BCUT2D eigenvalue weighted by Gasteiger charge is 2.16. The van der Waals surface area contributed by atoms with Crippen molar-refractivity contribution in [3.05, 3.63) is 83.6 Å². The Bertz CT molecular complexity index is 1050. The number of hydrogen-bond acceptors (Lipinski definition) is 4. The van der Waals surface area contributed by atoms with Gasteiger partial charge < -0.3 is 10.1 Å². The summed E-state index contributed by atoms with van der Waals surface area (Å²) >= 11 is 0. The summed E-state index contributed by atoms with van der Waals surface area (Å²) in [5.41, 5.74) is 4.86. The van der Waals surface area contributed by atoms with Crippen LogP contribution in [0.25, 0.3) is 17.3 Å². The van der Waals surface area contributed by atoms with Gasteiger partial charge in [-0.2, -0.15) is 5.10 Å². The van der Waals surface area contributed by atoms with Crippen molar-refractivity contribution < 1.29 is 14.3 Å². The normalized spacial score (nSPS) is 12.0. The molecule has 0 aliphatic carbocycles. The molecule has 0 saturated heterocycles. The molecule has 0 aliphatic heterocycles. The molecular formula is C25H27N3O3. The zero-order valence-corrected chi connectivity index (χ0v) is 18.0. The average Bonchev–Trinajstić information content (AvgIpc) is 3.17. The van der Waals surface area contributed by atoms with Gasteiger partial charge in [-0.1, -0.05) is 60.2 Å². The van der Waals surface area contributed by atoms with E-state index in [-0.39, 0.29) is 5.91 Å². The Balaban J connectivity index is 1.81. The second-order valence-corrected chi connectivity index (χ2v) is 7.29. The number of ether oxygens (including phenoxy) is 1. The van der Waals surface area contributed by atoms with Crippen molar-refractivity contribution in [3.8, 4) is 11.3 Å². The average molecular weight is 418 g/mol. The maximum absolute atomic E-state index is 12.2. The van der Waals surface area contributed by atoms with Crippen molar-refractivity contribution in [1.29, 1.82) is 0 Å². The van der Waals surface area contributed by atoms with Gasteiger partial charge in [0.1, 0.15) is 0 Å². The number of aromatic nitrogens is 2. The molecular weight excluding hydrogens is 390 g/mol. The van der Waals surface area contributed by atoms with E-state index in [0.717, 1.165) is 22.4 Å². The van der Waals surface area contributed by atoms with E-state index in [1.165, 1.54) is 11.6 Å². The van der Waals surface area contributed by atoms with Crippen molar-refractivity contribution in [2.24, 2.45) is 0 Å². The maximum atomic E-state index is 12.2. The van der Waals surface area contributed by atoms with Crippen LogP contribution in [0.15, 0.2) is 66.9 Å². The molecule has 1 heterocycles. The predicted octanol–water partition coefficient (Wildman–Crippen LogP) is 3.99. The molecule has 3 rings (SSSR count). The zero-order valence-electron chi connectivity index (χ0n) is 18.0. The molecule has 1 amide bonds. The lowest BCUT2D eigenvalue weighted by Gasteiger charge is -2.10. The quantitative estimate of drug-likeness (QED) is 0.444. The molecule has 1 aromatic heterocycles. The van der Waals surface area contributed by atoms with Crippen LogP contribution in [-0.2, 0) is 20.9 Å². The number of likely N-dealkylation sites (N-methyl/N-ethyl adjacent to an activating group) is 1. The fraction of sp³-hybridized carbons (Fsp3) is 0.240. The van der Waals surface area contributed by atoms with Gasteiger partial charge in [0.15, 0.2) is 6.10 Å². The van der Waals surface area contributed by atoms with Crippen molar-refractivity contribution in [2.45, 2.75) is 33.4 Å². The first-order valence-electron chi connectivity index (χ1n) is 10.3. The summed E-state index contributed by atoms with van der Waals surface area (Å²) in [5, 5.41) is 7.37. The van der Waals surface area contributed by atoms with Crippen LogP contribution in [0.3, 0.4) is 0 Å². The topological polar surface area (TPSA) is 73.2 Å². The number of carbonyl (C=O) groups is 2. The van der Waals surface area contributed by atoms with Gasteiger partial charge in [0.25, 0.3) is 5.91 Å². The standard InChI is InChI=1S/C25H27N3O3/c1-4-26-25(30)19(3)31-23(29)15-14-22-17-28(16-20-12-10-18(2)11-13-20)27-24(22)21-8-6-5-7-9-21/h5-15,17,19H,4,16H2,1-3H3,(H,26,30)/b15-14+/t19-/m0/s1. The zero-order chi connectivity index (χ0) is 22.2.